The minimum atomic E-state index is -0.985. The molecule has 1 aromatic heterocycles. The van der Waals surface area contributed by atoms with Gasteiger partial charge in [0, 0.05) is 13.1 Å². The fourth-order valence-electron chi connectivity index (χ4n) is 1.48. The summed E-state index contributed by atoms with van der Waals surface area (Å²) in [6.45, 7) is 0.295. The lowest BCUT2D eigenvalue weighted by molar-refractivity contribution is 0.131. The quantitative estimate of drug-likeness (QED) is 0.704. The molecule has 1 aliphatic rings. The standard InChI is InChI=1S/C7H9FN4O2/c8-3-5-9-10-6-4-11(7(13)14)1-2-12(5)6/h1-4H2,(H,13,14). The van der Waals surface area contributed by atoms with Gasteiger partial charge in [0.15, 0.2) is 11.6 Å². The molecule has 0 unspecified atom stereocenters. The number of carbonyl (C=O) groups is 1. The highest BCUT2D eigenvalue weighted by molar-refractivity contribution is 5.64. The largest absolute Gasteiger partial charge is 0.465 e. The molecule has 1 aromatic rings. The van der Waals surface area contributed by atoms with Crippen LogP contribution in [0.2, 0.25) is 0 Å². The Kier molecular flexibility index (Phi) is 2.06. The lowest BCUT2D eigenvalue weighted by Crippen LogP contribution is -2.37. The number of halogens is 1. The van der Waals surface area contributed by atoms with E-state index in [1.54, 1.807) is 4.57 Å². The normalized spacial score (nSPS) is 15.4. The van der Waals surface area contributed by atoms with Crippen LogP contribution < -0.4 is 0 Å². The van der Waals surface area contributed by atoms with Crippen LogP contribution in [0.3, 0.4) is 0 Å². The third-order valence-electron chi connectivity index (χ3n) is 2.22. The minimum absolute atomic E-state index is 0.183. The molecule has 0 saturated carbocycles. The Balaban J connectivity index is 2.24. The summed E-state index contributed by atoms with van der Waals surface area (Å²) < 4.78 is 14.0. The van der Waals surface area contributed by atoms with Crippen molar-refractivity contribution < 1.29 is 14.3 Å². The summed E-state index contributed by atoms with van der Waals surface area (Å²) in [4.78, 5) is 11.9. The van der Waals surface area contributed by atoms with Gasteiger partial charge in [0.1, 0.15) is 6.67 Å². The maximum absolute atomic E-state index is 12.3. The molecule has 6 nitrogen and oxygen atoms in total. The first-order chi connectivity index (χ1) is 6.72. The zero-order chi connectivity index (χ0) is 10.1. The van der Waals surface area contributed by atoms with Crippen LogP contribution in [0.15, 0.2) is 0 Å². The number of rotatable bonds is 1. The van der Waals surface area contributed by atoms with Gasteiger partial charge in [-0.2, -0.15) is 0 Å². The summed E-state index contributed by atoms with van der Waals surface area (Å²) >= 11 is 0. The second-order valence-electron chi connectivity index (χ2n) is 3.02. The van der Waals surface area contributed by atoms with Crippen LogP contribution in [-0.4, -0.2) is 37.4 Å². The third kappa shape index (κ3) is 1.30. The van der Waals surface area contributed by atoms with Crippen LogP contribution in [-0.2, 0) is 19.8 Å². The molecular weight excluding hydrogens is 191 g/mol. The van der Waals surface area contributed by atoms with Crippen molar-refractivity contribution in [1.29, 1.82) is 0 Å². The number of hydrogen-bond acceptors (Lipinski definition) is 3. The van der Waals surface area contributed by atoms with Gasteiger partial charge in [-0.25, -0.2) is 9.18 Å². The van der Waals surface area contributed by atoms with Crippen molar-refractivity contribution in [2.45, 2.75) is 19.8 Å². The molecule has 2 heterocycles. The van der Waals surface area contributed by atoms with E-state index in [4.69, 9.17) is 5.11 Å². The zero-order valence-corrected chi connectivity index (χ0v) is 7.35. The molecule has 0 spiro atoms. The Morgan fingerprint density at radius 2 is 2.29 bits per heavy atom. The van der Waals surface area contributed by atoms with Crippen molar-refractivity contribution in [3.05, 3.63) is 11.6 Å². The maximum Gasteiger partial charge on any atom is 0.407 e. The predicted molar refractivity (Wildman–Crippen MR) is 43.3 cm³/mol. The molecule has 1 amide bonds. The summed E-state index contributed by atoms with van der Waals surface area (Å²) in [6, 6.07) is 0. The number of carboxylic acid groups (broad SMARTS) is 1. The van der Waals surface area contributed by atoms with Gasteiger partial charge in [-0.1, -0.05) is 0 Å². The van der Waals surface area contributed by atoms with Crippen LogP contribution in [0, 0.1) is 0 Å². The van der Waals surface area contributed by atoms with Gasteiger partial charge < -0.3 is 9.67 Å². The Hall–Kier alpha value is -1.66. The second-order valence-corrected chi connectivity index (χ2v) is 3.02. The lowest BCUT2D eigenvalue weighted by Gasteiger charge is -2.24. The Bertz CT molecular complexity index is 365. The van der Waals surface area contributed by atoms with Crippen molar-refractivity contribution in [2.24, 2.45) is 0 Å². The number of alkyl halides is 1. The smallest absolute Gasteiger partial charge is 0.407 e. The van der Waals surface area contributed by atoms with Crippen LogP contribution in [0.25, 0.3) is 0 Å². The zero-order valence-electron chi connectivity index (χ0n) is 7.35. The first kappa shape index (κ1) is 8.92. The summed E-state index contributed by atoms with van der Waals surface area (Å²) in [6.07, 6.45) is -0.985. The topological polar surface area (TPSA) is 71.2 Å². The van der Waals surface area contributed by atoms with Gasteiger partial charge in [-0.3, -0.25) is 4.90 Å². The van der Waals surface area contributed by atoms with E-state index in [1.807, 2.05) is 0 Å². The molecule has 0 aromatic carbocycles. The Morgan fingerprint density at radius 3 is 2.93 bits per heavy atom. The van der Waals surface area contributed by atoms with Crippen LogP contribution in [0.1, 0.15) is 11.6 Å². The Labute approximate surface area is 79.0 Å². The molecule has 2 rings (SSSR count). The van der Waals surface area contributed by atoms with Crippen LogP contribution >= 0.6 is 0 Å². The average Bonchev–Trinajstić information content (AvgIpc) is 2.59. The molecule has 76 valence electrons. The van der Waals surface area contributed by atoms with Gasteiger partial charge in [0.25, 0.3) is 0 Å². The second kappa shape index (κ2) is 3.24. The van der Waals surface area contributed by atoms with E-state index < -0.39 is 12.8 Å². The molecule has 0 aliphatic carbocycles. The van der Waals surface area contributed by atoms with Crippen LogP contribution in [0.4, 0.5) is 9.18 Å². The lowest BCUT2D eigenvalue weighted by atomic mass is 10.3. The van der Waals surface area contributed by atoms with Crippen molar-refractivity contribution in [3.8, 4) is 0 Å². The van der Waals surface area contributed by atoms with E-state index in [9.17, 15) is 9.18 Å². The maximum atomic E-state index is 12.3. The van der Waals surface area contributed by atoms with E-state index in [1.165, 1.54) is 4.90 Å². The molecule has 1 aliphatic heterocycles. The number of nitrogens with zero attached hydrogens (tertiary/aromatic N) is 4. The monoisotopic (exact) mass is 200 g/mol. The molecule has 7 heteroatoms. The summed E-state index contributed by atoms with van der Waals surface area (Å²) in [5, 5.41) is 16.1. The van der Waals surface area contributed by atoms with E-state index in [2.05, 4.69) is 10.2 Å². The number of amides is 1. The highest BCUT2D eigenvalue weighted by Gasteiger charge is 2.23. The molecular formula is C7H9FN4O2. The van der Waals surface area contributed by atoms with Crippen LogP contribution in [0.5, 0.6) is 0 Å². The Morgan fingerprint density at radius 1 is 1.50 bits per heavy atom. The first-order valence-corrected chi connectivity index (χ1v) is 4.17. The molecule has 0 radical (unpaired) electrons. The molecule has 1 N–H and O–H groups in total. The molecule has 14 heavy (non-hydrogen) atoms. The highest BCUT2D eigenvalue weighted by Crippen LogP contribution is 2.12. The van der Waals surface area contributed by atoms with E-state index in [-0.39, 0.29) is 12.4 Å². The van der Waals surface area contributed by atoms with Gasteiger partial charge in [0.2, 0.25) is 0 Å². The average molecular weight is 200 g/mol. The fourth-order valence-corrected chi connectivity index (χ4v) is 1.48. The SMILES string of the molecule is O=C(O)N1CCn2c(CF)nnc2C1. The minimum Gasteiger partial charge on any atom is -0.465 e. The highest BCUT2D eigenvalue weighted by atomic mass is 19.1. The van der Waals surface area contributed by atoms with Gasteiger partial charge in [-0.05, 0) is 0 Å². The molecule has 0 atom stereocenters. The van der Waals surface area contributed by atoms with Crippen molar-refractivity contribution >= 4 is 6.09 Å². The predicted octanol–water partition coefficient (Wildman–Crippen LogP) is 0.241. The molecule has 0 fully saturated rings. The number of fused-ring (bicyclic) bond motifs is 1. The summed E-state index contributed by atoms with van der Waals surface area (Å²) in [5.41, 5.74) is 0. The summed E-state index contributed by atoms with van der Waals surface area (Å²) in [5.74, 6) is 0.774. The van der Waals surface area contributed by atoms with Gasteiger partial charge in [0.05, 0.1) is 6.54 Å². The van der Waals surface area contributed by atoms with E-state index in [0.717, 1.165) is 0 Å². The van der Waals surface area contributed by atoms with Gasteiger partial charge >= 0.3 is 6.09 Å². The molecule has 0 bridgehead atoms. The van der Waals surface area contributed by atoms with E-state index in [0.29, 0.717) is 18.9 Å². The number of hydrogen-bond donors (Lipinski definition) is 1. The van der Waals surface area contributed by atoms with Crippen molar-refractivity contribution in [1.82, 2.24) is 19.7 Å². The van der Waals surface area contributed by atoms with Gasteiger partial charge in [-0.15, -0.1) is 10.2 Å². The first-order valence-electron chi connectivity index (χ1n) is 4.17. The van der Waals surface area contributed by atoms with E-state index >= 15 is 0 Å². The fraction of sp³-hybridized carbons (Fsp3) is 0.571. The third-order valence-corrected chi connectivity index (χ3v) is 2.22. The van der Waals surface area contributed by atoms with Crippen molar-refractivity contribution in [3.63, 3.8) is 0 Å². The summed E-state index contributed by atoms with van der Waals surface area (Å²) in [7, 11) is 0. The molecule has 0 saturated heterocycles. The number of aromatic nitrogens is 3. The van der Waals surface area contributed by atoms with Crippen molar-refractivity contribution in [2.75, 3.05) is 6.54 Å².